The highest BCUT2D eigenvalue weighted by Gasteiger charge is 2.30. The van der Waals surface area contributed by atoms with E-state index in [1.54, 1.807) is 6.20 Å². The van der Waals surface area contributed by atoms with E-state index in [4.69, 9.17) is 10.1 Å². The number of rotatable bonds is 6. The smallest absolute Gasteiger partial charge is 0.223 e. The Kier molecular flexibility index (Phi) is 5.97. The van der Waals surface area contributed by atoms with Crippen LogP contribution in [0.4, 0.5) is 10.9 Å². The molecule has 1 aromatic carbocycles. The Morgan fingerprint density at radius 2 is 1.86 bits per heavy atom. The summed E-state index contributed by atoms with van der Waals surface area (Å²) < 4.78 is 2.00. The highest BCUT2D eigenvalue weighted by molar-refractivity contribution is 7.19. The quantitative estimate of drug-likeness (QED) is 0.310. The standard InChI is InChI=1S/C28H25N7OS/c1-3-30-24-13-8-20(16-31-24)25-22-11-12-23-27(37-28(33-23)32-17(2)36)26(22)35(34-25)21-9-6-18(7-10-21)19-5-4-14-29-15-19/h4-10,13-16H,3,11-12H2,1-2H3,(H,30,31)(H,32,33,36). The molecule has 6 rings (SSSR count). The minimum atomic E-state index is -0.127. The number of hydrogen-bond acceptors (Lipinski definition) is 7. The maximum Gasteiger partial charge on any atom is 0.223 e. The number of pyridine rings is 2. The Morgan fingerprint density at radius 1 is 1.03 bits per heavy atom. The van der Waals surface area contributed by atoms with Crippen LogP contribution in [0.2, 0.25) is 0 Å². The van der Waals surface area contributed by atoms with Crippen LogP contribution in [0, 0.1) is 0 Å². The molecule has 2 N–H and O–H groups in total. The molecule has 9 heteroatoms. The molecule has 0 aliphatic heterocycles. The number of hydrogen-bond donors (Lipinski definition) is 2. The van der Waals surface area contributed by atoms with Gasteiger partial charge in [0.1, 0.15) is 5.82 Å². The van der Waals surface area contributed by atoms with Gasteiger partial charge in [0.05, 0.1) is 27.6 Å². The predicted octanol–water partition coefficient (Wildman–Crippen LogP) is 5.61. The molecule has 8 nitrogen and oxygen atoms in total. The van der Waals surface area contributed by atoms with Gasteiger partial charge in [-0.2, -0.15) is 5.10 Å². The normalized spacial score (nSPS) is 12.1. The SMILES string of the molecule is CCNc1ccc(-c2nn(-c3ccc(-c4cccnc4)cc3)c3c2CCc2nc(NC(C)=O)sc2-3)cn1. The third-order valence-corrected chi connectivity index (χ3v) is 7.31. The zero-order valence-corrected chi connectivity index (χ0v) is 21.3. The first-order valence-electron chi connectivity index (χ1n) is 12.2. The number of carbonyl (C=O) groups excluding carboxylic acids is 1. The fourth-order valence-electron chi connectivity index (χ4n) is 4.64. The van der Waals surface area contributed by atoms with Crippen LogP contribution in [-0.4, -0.2) is 37.2 Å². The summed E-state index contributed by atoms with van der Waals surface area (Å²) in [6.07, 6.45) is 7.11. The average molecular weight is 508 g/mol. The van der Waals surface area contributed by atoms with Crippen LogP contribution in [0.3, 0.4) is 0 Å². The maximum absolute atomic E-state index is 11.7. The molecule has 4 heterocycles. The van der Waals surface area contributed by atoms with Gasteiger partial charge < -0.3 is 10.6 Å². The van der Waals surface area contributed by atoms with E-state index in [9.17, 15) is 4.79 Å². The summed E-state index contributed by atoms with van der Waals surface area (Å²) in [4.78, 5) is 26.3. The molecule has 1 aliphatic carbocycles. The molecule has 0 atom stereocenters. The molecule has 4 aromatic heterocycles. The first kappa shape index (κ1) is 23.1. The van der Waals surface area contributed by atoms with Gasteiger partial charge in [-0.1, -0.05) is 29.5 Å². The largest absolute Gasteiger partial charge is 0.370 e. The number of nitrogens with zero attached hydrogens (tertiary/aromatic N) is 5. The average Bonchev–Trinajstić information content (AvgIpc) is 3.51. The second-order valence-electron chi connectivity index (χ2n) is 8.81. The van der Waals surface area contributed by atoms with Crippen molar-refractivity contribution in [1.82, 2.24) is 24.7 Å². The van der Waals surface area contributed by atoms with Gasteiger partial charge in [0.2, 0.25) is 5.91 Å². The van der Waals surface area contributed by atoms with Crippen LogP contribution in [0.15, 0.2) is 67.1 Å². The van der Waals surface area contributed by atoms with Crippen molar-refractivity contribution in [3.05, 3.63) is 78.4 Å². The van der Waals surface area contributed by atoms with Crippen molar-refractivity contribution in [1.29, 1.82) is 0 Å². The summed E-state index contributed by atoms with van der Waals surface area (Å²) in [6.45, 7) is 4.37. The molecule has 184 valence electrons. The van der Waals surface area contributed by atoms with E-state index >= 15 is 0 Å². The first-order valence-corrected chi connectivity index (χ1v) is 13.0. The fraction of sp³-hybridized carbons (Fsp3) is 0.179. The Balaban J connectivity index is 1.48. The van der Waals surface area contributed by atoms with Crippen LogP contribution in [-0.2, 0) is 17.6 Å². The topological polar surface area (TPSA) is 97.6 Å². The number of anilines is 2. The number of benzene rings is 1. The number of nitrogens with one attached hydrogen (secondary N) is 2. The zero-order chi connectivity index (χ0) is 25.4. The van der Waals surface area contributed by atoms with Gasteiger partial charge in [-0.25, -0.2) is 14.6 Å². The lowest BCUT2D eigenvalue weighted by Gasteiger charge is -2.14. The number of fused-ring (bicyclic) bond motifs is 3. The third kappa shape index (κ3) is 4.38. The van der Waals surface area contributed by atoms with Crippen molar-refractivity contribution >= 4 is 28.2 Å². The van der Waals surface area contributed by atoms with Gasteiger partial charge in [-0.3, -0.25) is 9.78 Å². The van der Waals surface area contributed by atoms with Crippen LogP contribution in [0.1, 0.15) is 25.1 Å². The van der Waals surface area contributed by atoms with E-state index in [0.717, 1.165) is 69.5 Å². The summed E-state index contributed by atoms with van der Waals surface area (Å²) in [5.74, 6) is 0.716. The Morgan fingerprint density at radius 3 is 2.57 bits per heavy atom. The second-order valence-corrected chi connectivity index (χ2v) is 9.81. The van der Waals surface area contributed by atoms with Crippen molar-refractivity contribution in [2.24, 2.45) is 0 Å². The van der Waals surface area contributed by atoms with Gasteiger partial charge >= 0.3 is 0 Å². The van der Waals surface area contributed by atoms with Gasteiger partial charge in [0, 0.05) is 43.2 Å². The molecule has 0 unspecified atom stereocenters. The van der Waals surface area contributed by atoms with Crippen LogP contribution in [0.5, 0.6) is 0 Å². The minimum absolute atomic E-state index is 0.127. The third-order valence-electron chi connectivity index (χ3n) is 6.29. The number of amides is 1. The summed E-state index contributed by atoms with van der Waals surface area (Å²) in [5.41, 5.74) is 8.17. The highest BCUT2D eigenvalue weighted by atomic mass is 32.1. The monoisotopic (exact) mass is 507 g/mol. The van der Waals surface area contributed by atoms with Gasteiger partial charge in [0.25, 0.3) is 0 Å². The molecule has 0 saturated heterocycles. The molecule has 0 bridgehead atoms. The zero-order valence-electron chi connectivity index (χ0n) is 20.5. The van der Waals surface area contributed by atoms with Gasteiger partial charge in [-0.15, -0.1) is 0 Å². The lowest BCUT2D eigenvalue weighted by Crippen LogP contribution is -2.07. The van der Waals surface area contributed by atoms with E-state index in [0.29, 0.717) is 5.13 Å². The number of carbonyl (C=O) groups is 1. The number of aromatic nitrogens is 5. The first-order chi connectivity index (χ1) is 18.1. The summed E-state index contributed by atoms with van der Waals surface area (Å²) in [7, 11) is 0. The van der Waals surface area contributed by atoms with Crippen molar-refractivity contribution in [3.63, 3.8) is 0 Å². The van der Waals surface area contributed by atoms with E-state index in [-0.39, 0.29) is 5.91 Å². The second kappa shape index (κ2) is 9.59. The van der Waals surface area contributed by atoms with Crippen molar-refractivity contribution in [2.75, 3.05) is 17.2 Å². The summed E-state index contributed by atoms with van der Waals surface area (Å²) in [5, 5.41) is 11.8. The fourth-order valence-corrected chi connectivity index (χ4v) is 5.76. The van der Waals surface area contributed by atoms with Crippen LogP contribution < -0.4 is 10.6 Å². The van der Waals surface area contributed by atoms with Gasteiger partial charge in [0.15, 0.2) is 5.13 Å². The Labute approximate surface area is 218 Å². The molecule has 1 aliphatic rings. The van der Waals surface area contributed by atoms with Crippen molar-refractivity contribution in [3.8, 4) is 38.6 Å². The van der Waals surface area contributed by atoms with Gasteiger partial charge in [-0.05, 0) is 61.2 Å². The van der Waals surface area contributed by atoms with Crippen LogP contribution in [0.25, 0.3) is 38.6 Å². The summed E-state index contributed by atoms with van der Waals surface area (Å²) in [6, 6.07) is 16.4. The van der Waals surface area contributed by atoms with E-state index in [2.05, 4.69) is 57.9 Å². The predicted molar refractivity (Wildman–Crippen MR) is 147 cm³/mol. The number of aryl methyl sites for hydroxylation is 1. The highest BCUT2D eigenvalue weighted by Crippen LogP contribution is 2.44. The molecule has 5 aromatic rings. The van der Waals surface area contributed by atoms with E-state index in [1.165, 1.54) is 23.8 Å². The molecule has 37 heavy (non-hydrogen) atoms. The molecular formula is C28H25N7OS. The van der Waals surface area contributed by atoms with Crippen molar-refractivity contribution < 1.29 is 4.79 Å². The van der Waals surface area contributed by atoms with Crippen molar-refractivity contribution in [2.45, 2.75) is 26.7 Å². The maximum atomic E-state index is 11.7. The molecule has 0 radical (unpaired) electrons. The molecular weight excluding hydrogens is 482 g/mol. The van der Waals surface area contributed by atoms with E-state index in [1.807, 2.05) is 35.3 Å². The lowest BCUT2D eigenvalue weighted by molar-refractivity contribution is -0.114. The lowest BCUT2D eigenvalue weighted by atomic mass is 9.95. The van der Waals surface area contributed by atoms with E-state index < -0.39 is 0 Å². The van der Waals surface area contributed by atoms with Crippen LogP contribution >= 0.6 is 11.3 Å². The Bertz CT molecular complexity index is 1570. The minimum Gasteiger partial charge on any atom is -0.370 e. The molecule has 0 saturated carbocycles. The molecule has 0 fully saturated rings. The number of thiazole rings is 1. The Hall–Kier alpha value is -4.37. The molecule has 0 spiro atoms. The molecule has 1 amide bonds. The summed E-state index contributed by atoms with van der Waals surface area (Å²) >= 11 is 1.49.